The third-order valence-corrected chi connectivity index (χ3v) is 3.14. The van der Waals surface area contributed by atoms with Gasteiger partial charge in [-0.25, -0.2) is 4.98 Å². The molecule has 122 valence electrons. The molecule has 6 nitrogen and oxygen atoms in total. The minimum Gasteiger partial charge on any atom is -0.486 e. The van der Waals surface area contributed by atoms with Gasteiger partial charge in [-0.15, -0.1) is 0 Å². The second kappa shape index (κ2) is 5.82. The Hall–Kier alpha value is -2.71. The summed E-state index contributed by atoms with van der Waals surface area (Å²) >= 11 is 0. The fraction of sp³-hybridized carbons (Fsp3) is 0.286. The summed E-state index contributed by atoms with van der Waals surface area (Å²) in [6.07, 6.45) is -3.80. The molecule has 0 bridgehead atoms. The van der Waals surface area contributed by atoms with Gasteiger partial charge in [0, 0.05) is 13.2 Å². The molecule has 3 rings (SSSR count). The lowest BCUT2D eigenvalue weighted by atomic mass is 10.2. The number of para-hydroxylation sites is 1. The molecule has 1 aromatic heterocycles. The molecule has 0 spiro atoms. The zero-order valence-electron chi connectivity index (χ0n) is 12.1. The van der Waals surface area contributed by atoms with Gasteiger partial charge in [0.15, 0.2) is 11.5 Å². The average Bonchev–Trinajstić information content (AvgIpc) is 2.54. The summed E-state index contributed by atoms with van der Waals surface area (Å²) in [6.45, 7) is 0.832. The van der Waals surface area contributed by atoms with Gasteiger partial charge in [-0.3, -0.25) is 0 Å². The molecule has 0 aliphatic carbocycles. The Kier molecular flexibility index (Phi) is 3.85. The number of benzene rings is 1. The largest absolute Gasteiger partial charge is 0.486 e. The molecule has 0 saturated heterocycles. The van der Waals surface area contributed by atoms with Crippen molar-refractivity contribution in [3.8, 4) is 11.5 Å². The molecule has 2 aromatic rings. The molecular formula is C14H13F3N4O2. The van der Waals surface area contributed by atoms with Crippen molar-refractivity contribution >= 4 is 17.5 Å². The first-order valence-corrected chi connectivity index (χ1v) is 6.76. The average molecular weight is 326 g/mol. The van der Waals surface area contributed by atoms with Gasteiger partial charge in [-0.1, -0.05) is 6.07 Å². The summed E-state index contributed by atoms with van der Waals surface area (Å²) < 4.78 is 49.5. The van der Waals surface area contributed by atoms with Gasteiger partial charge in [0.2, 0.25) is 5.95 Å². The highest BCUT2D eigenvalue weighted by molar-refractivity contribution is 5.68. The Labute approximate surface area is 129 Å². The third kappa shape index (κ3) is 3.08. The smallest absolute Gasteiger partial charge is 0.421 e. The number of rotatable bonds is 3. The van der Waals surface area contributed by atoms with E-state index in [0.29, 0.717) is 30.4 Å². The van der Waals surface area contributed by atoms with E-state index in [9.17, 15) is 13.2 Å². The van der Waals surface area contributed by atoms with E-state index in [1.54, 1.807) is 18.2 Å². The predicted octanol–water partition coefficient (Wildman–Crippen LogP) is 3.05. The molecule has 0 amide bonds. The normalized spacial score (nSPS) is 13.6. The zero-order valence-corrected chi connectivity index (χ0v) is 12.1. The minimum atomic E-state index is -4.53. The molecule has 0 saturated carbocycles. The molecule has 1 aromatic carbocycles. The van der Waals surface area contributed by atoms with E-state index in [1.165, 1.54) is 7.05 Å². The van der Waals surface area contributed by atoms with Crippen LogP contribution in [0.5, 0.6) is 11.5 Å². The van der Waals surface area contributed by atoms with E-state index < -0.39 is 11.7 Å². The van der Waals surface area contributed by atoms with Crippen LogP contribution in [-0.2, 0) is 6.18 Å². The number of fused-ring (bicyclic) bond motifs is 1. The summed E-state index contributed by atoms with van der Waals surface area (Å²) in [5, 5.41) is 5.27. The lowest BCUT2D eigenvalue weighted by Gasteiger charge is -2.21. The maximum atomic E-state index is 12.8. The summed E-state index contributed by atoms with van der Waals surface area (Å²) in [7, 11) is 1.36. The van der Waals surface area contributed by atoms with Crippen molar-refractivity contribution in [2.75, 3.05) is 30.9 Å². The first-order chi connectivity index (χ1) is 11.0. The summed E-state index contributed by atoms with van der Waals surface area (Å²) in [5.74, 6) is 0.747. The number of nitrogens with zero attached hydrogens (tertiary/aromatic N) is 2. The maximum absolute atomic E-state index is 12.8. The van der Waals surface area contributed by atoms with Crippen LogP contribution in [0.2, 0.25) is 0 Å². The van der Waals surface area contributed by atoms with E-state index in [2.05, 4.69) is 20.6 Å². The van der Waals surface area contributed by atoms with E-state index >= 15 is 0 Å². The Morgan fingerprint density at radius 1 is 1.17 bits per heavy atom. The number of alkyl halides is 3. The Morgan fingerprint density at radius 2 is 1.96 bits per heavy atom. The summed E-state index contributed by atoms with van der Waals surface area (Å²) in [6, 6.07) is 5.18. The second-order valence-electron chi connectivity index (χ2n) is 4.66. The van der Waals surface area contributed by atoms with Gasteiger partial charge >= 0.3 is 6.18 Å². The highest BCUT2D eigenvalue weighted by Gasteiger charge is 2.35. The van der Waals surface area contributed by atoms with Crippen molar-refractivity contribution in [2.24, 2.45) is 0 Å². The second-order valence-corrected chi connectivity index (χ2v) is 4.66. The maximum Gasteiger partial charge on any atom is 0.421 e. The standard InChI is InChI=1S/C14H13F3N4O2/c1-18-12-8(14(15,16)17)7-19-13(21-12)20-9-3-2-4-10-11(9)23-6-5-22-10/h2-4,7H,5-6H2,1H3,(H2,18,19,20,21). The van der Waals surface area contributed by atoms with Crippen molar-refractivity contribution in [3.05, 3.63) is 30.0 Å². The van der Waals surface area contributed by atoms with Crippen LogP contribution in [0.25, 0.3) is 0 Å². The fourth-order valence-electron chi connectivity index (χ4n) is 2.13. The van der Waals surface area contributed by atoms with Crippen LogP contribution in [0.1, 0.15) is 5.56 Å². The molecule has 0 unspecified atom stereocenters. The molecule has 9 heteroatoms. The molecule has 0 atom stereocenters. The molecule has 0 fully saturated rings. The van der Waals surface area contributed by atoms with E-state index in [0.717, 1.165) is 6.20 Å². The van der Waals surface area contributed by atoms with Crippen molar-refractivity contribution in [3.63, 3.8) is 0 Å². The van der Waals surface area contributed by atoms with Gasteiger partial charge in [0.25, 0.3) is 0 Å². The van der Waals surface area contributed by atoms with Crippen LogP contribution in [0.15, 0.2) is 24.4 Å². The Morgan fingerprint density at radius 3 is 2.70 bits per heavy atom. The quantitative estimate of drug-likeness (QED) is 0.903. The number of anilines is 3. The van der Waals surface area contributed by atoms with Crippen LogP contribution in [0, 0.1) is 0 Å². The van der Waals surface area contributed by atoms with Gasteiger partial charge < -0.3 is 20.1 Å². The van der Waals surface area contributed by atoms with Crippen molar-refractivity contribution < 1.29 is 22.6 Å². The van der Waals surface area contributed by atoms with E-state index in [4.69, 9.17) is 9.47 Å². The van der Waals surface area contributed by atoms with Crippen molar-refractivity contribution in [1.29, 1.82) is 0 Å². The molecule has 1 aliphatic heterocycles. The van der Waals surface area contributed by atoms with E-state index in [1.807, 2.05) is 0 Å². The molecule has 23 heavy (non-hydrogen) atoms. The van der Waals surface area contributed by atoms with Crippen molar-refractivity contribution in [1.82, 2.24) is 9.97 Å². The SMILES string of the molecule is CNc1nc(Nc2cccc3c2OCCO3)ncc1C(F)(F)F. The topological polar surface area (TPSA) is 68.3 Å². The van der Waals surface area contributed by atoms with Crippen LogP contribution in [0.3, 0.4) is 0 Å². The lowest BCUT2D eigenvalue weighted by Crippen LogP contribution is -2.16. The number of nitrogens with one attached hydrogen (secondary N) is 2. The Balaban J connectivity index is 1.92. The number of hydrogen-bond donors (Lipinski definition) is 2. The van der Waals surface area contributed by atoms with E-state index in [-0.39, 0.29) is 11.8 Å². The highest BCUT2D eigenvalue weighted by Crippen LogP contribution is 2.39. The van der Waals surface area contributed by atoms with Gasteiger partial charge in [-0.05, 0) is 12.1 Å². The van der Waals surface area contributed by atoms with Crippen LogP contribution in [0.4, 0.5) is 30.6 Å². The predicted molar refractivity (Wildman–Crippen MR) is 77.3 cm³/mol. The first-order valence-electron chi connectivity index (χ1n) is 6.76. The molecule has 1 aliphatic rings. The van der Waals surface area contributed by atoms with Crippen LogP contribution < -0.4 is 20.1 Å². The van der Waals surface area contributed by atoms with Crippen LogP contribution in [-0.4, -0.2) is 30.2 Å². The number of halogens is 3. The van der Waals surface area contributed by atoms with Gasteiger partial charge in [-0.2, -0.15) is 18.2 Å². The fourth-order valence-corrected chi connectivity index (χ4v) is 2.13. The van der Waals surface area contributed by atoms with Crippen LogP contribution >= 0.6 is 0 Å². The lowest BCUT2D eigenvalue weighted by molar-refractivity contribution is -0.137. The molecular weight excluding hydrogens is 313 g/mol. The molecule has 0 radical (unpaired) electrons. The zero-order chi connectivity index (χ0) is 16.4. The van der Waals surface area contributed by atoms with Gasteiger partial charge in [0.1, 0.15) is 24.6 Å². The summed E-state index contributed by atoms with van der Waals surface area (Å²) in [4.78, 5) is 7.57. The first kappa shape index (κ1) is 15.2. The summed E-state index contributed by atoms with van der Waals surface area (Å²) in [5.41, 5.74) is -0.413. The number of hydrogen-bond acceptors (Lipinski definition) is 6. The van der Waals surface area contributed by atoms with Gasteiger partial charge in [0.05, 0.1) is 5.69 Å². The monoisotopic (exact) mass is 326 g/mol. The minimum absolute atomic E-state index is 0.0184. The number of aromatic nitrogens is 2. The Bertz CT molecular complexity index is 722. The highest BCUT2D eigenvalue weighted by atomic mass is 19.4. The number of ether oxygens (including phenoxy) is 2. The molecule has 2 N–H and O–H groups in total. The van der Waals surface area contributed by atoms with Crippen molar-refractivity contribution in [2.45, 2.75) is 6.18 Å². The molecule has 2 heterocycles. The third-order valence-electron chi connectivity index (χ3n) is 3.14.